The van der Waals surface area contributed by atoms with Gasteiger partial charge >= 0.3 is 5.97 Å². The van der Waals surface area contributed by atoms with Gasteiger partial charge in [0.15, 0.2) is 0 Å². The Bertz CT molecular complexity index is 554. The van der Waals surface area contributed by atoms with E-state index in [0.29, 0.717) is 11.8 Å². The van der Waals surface area contributed by atoms with Crippen molar-refractivity contribution < 1.29 is 9.90 Å². The fourth-order valence-electron chi connectivity index (χ4n) is 5.57. The summed E-state index contributed by atoms with van der Waals surface area (Å²) in [5.41, 5.74) is 4.30. The van der Waals surface area contributed by atoms with Gasteiger partial charge in [0.2, 0.25) is 0 Å². The quantitative estimate of drug-likeness (QED) is 0.746. The Morgan fingerprint density at radius 2 is 1.95 bits per heavy atom. The highest BCUT2D eigenvalue weighted by Crippen LogP contribution is 2.61. The first-order valence-electron chi connectivity index (χ1n) is 8.95. The molecule has 3 aliphatic carbocycles. The van der Waals surface area contributed by atoms with E-state index in [2.05, 4.69) is 26.8 Å². The fraction of sp³-hybridized carbons (Fsp3) is 0.750. The average molecular weight is 302 g/mol. The van der Waals surface area contributed by atoms with Gasteiger partial charge in [-0.05, 0) is 68.3 Å². The Kier molecular flexibility index (Phi) is 3.78. The molecule has 3 aliphatic rings. The zero-order valence-electron chi connectivity index (χ0n) is 14.5. The molecule has 2 nitrogen and oxygen atoms in total. The van der Waals surface area contributed by atoms with Crippen molar-refractivity contribution in [2.75, 3.05) is 0 Å². The SMILES string of the molecule is CC(C)C1=CC2=C(CC1)[C@@]1(C)CCCC(C)(C(=O)O)C1CC2. The van der Waals surface area contributed by atoms with Crippen LogP contribution >= 0.6 is 0 Å². The van der Waals surface area contributed by atoms with E-state index in [0.717, 1.165) is 32.1 Å². The summed E-state index contributed by atoms with van der Waals surface area (Å²) in [6.45, 7) is 8.93. The van der Waals surface area contributed by atoms with E-state index >= 15 is 0 Å². The van der Waals surface area contributed by atoms with Gasteiger partial charge in [-0.15, -0.1) is 0 Å². The van der Waals surface area contributed by atoms with Gasteiger partial charge in [-0.3, -0.25) is 4.79 Å². The molecule has 3 rings (SSSR count). The molecule has 0 aliphatic heterocycles. The third-order valence-corrected chi connectivity index (χ3v) is 6.96. The molecule has 1 saturated carbocycles. The number of aliphatic carboxylic acids is 1. The van der Waals surface area contributed by atoms with Crippen LogP contribution in [0.15, 0.2) is 22.8 Å². The molecule has 2 heteroatoms. The van der Waals surface area contributed by atoms with Crippen LogP contribution in [0.3, 0.4) is 0 Å². The van der Waals surface area contributed by atoms with Gasteiger partial charge in [0.25, 0.3) is 0 Å². The van der Waals surface area contributed by atoms with Crippen molar-refractivity contribution in [3.8, 4) is 0 Å². The second-order valence-corrected chi connectivity index (χ2v) is 8.46. The highest BCUT2D eigenvalue weighted by molar-refractivity contribution is 5.75. The smallest absolute Gasteiger partial charge is 0.309 e. The first-order valence-corrected chi connectivity index (χ1v) is 8.95. The summed E-state index contributed by atoms with van der Waals surface area (Å²) in [6.07, 6.45) is 9.97. The van der Waals surface area contributed by atoms with E-state index < -0.39 is 11.4 Å². The molecule has 22 heavy (non-hydrogen) atoms. The number of hydrogen-bond acceptors (Lipinski definition) is 1. The van der Waals surface area contributed by atoms with Crippen molar-refractivity contribution >= 4 is 5.97 Å². The van der Waals surface area contributed by atoms with E-state index in [1.807, 2.05) is 6.92 Å². The minimum Gasteiger partial charge on any atom is -0.481 e. The van der Waals surface area contributed by atoms with E-state index in [1.54, 1.807) is 16.7 Å². The zero-order valence-corrected chi connectivity index (χ0v) is 14.5. The van der Waals surface area contributed by atoms with Crippen LogP contribution in [-0.4, -0.2) is 11.1 Å². The van der Waals surface area contributed by atoms with Crippen LogP contribution in [0.2, 0.25) is 0 Å². The maximum Gasteiger partial charge on any atom is 0.309 e. The van der Waals surface area contributed by atoms with E-state index in [9.17, 15) is 9.90 Å². The molecule has 1 N–H and O–H groups in total. The van der Waals surface area contributed by atoms with E-state index in [1.165, 1.54) is 12.8 Å². The third-order valence-electron chi connectivity index (χ3n) is 6.96. The standard InChI is InChI=1S/C20H30O2/c1-13(2)14-6-8-16-15(12-14)7-9-17-19(16,3)10-5-11-20(17,4)18(21)22/h12-13,17H,5-11H2,1-4H3,(H,21,22)/t17?,19-,20?/m1/s1. The number of rotatable bonds is 2. The molecule has 0 aromatic heterocycles. The highest BCUT2D eigenvalue weighted by atomic mass is 16.4. The van der Waals surface area contributed by atoms with Crippen molar-refractivity contribution in [2.45, 2.75) is 72.6 Å². The normalized spacial score (nSPS) is 38.4. The van der Waals surface area contributed by atoms with E-state index in [-0.39, 0.29) is 5.41 Å². The van der Waals surface area contributed by atoms with Crippen LogP contribution < -0.4 is 0 Å². The van der Waals surface area contributed by atoms with Gasteiger partial charge in [0.1, 0.15) is 0 Å². The molecule has 2 unspecified atom stereocenters. The minimum absolute atomic E-state index is 0.109. The lowest BCUT2D eigenvalue weighted by atomic mass is 9.48. The molecule has 122 valence electrons. The monoisotopic (exact) mass is 302 g/mol. The van der Waals surface area contributed by atoms with Crippen molar-refractivity contribution in [1.82, 2.24) is 0 Å². The van der Waals surface area contributed by atoms with Crippen molar-refractivity contribution in [2.24, 2.45) is 22.7 Å². The van der Waals surface area contributed by atoms with Gasteiger partial charge in [-0.1, -0.05) is 44.4 Å². The molecule has 0 aromatic rings. The molecule has 0 aromatic carbocycles. The molecular formula is C20H30O2. The Morgan fingerprint density at radius 3 is 2.59 bits per heavy atom. The lowest BCUT2D eigenvalue weighted by Crippen LogP contribution is -2.50. The number of allylic oxidation sites excluding steroid dienone is 4. The lowest BCUT2D eigenvalue weighted by molar-refractivity contribution is -0.159. The van der Waals surface area contributed by atoms with Crippen LogP contribution in [0.4, 0.5) is 0 Å². The van der Waals surface area contributed by atoms with Gasteiger partial charge in [-0.2, -0.15) is 0 Å². The summed E-state index contributed by atoms with van der Waals surface area (Å²) >= 11 is 0. The summed E-state index contributed by atoms with van der Waals surface area (Å²) in [7, 11) is 0. The number of carboxylic acid groups (broad SMARTS) is 1. The summed E-state index contributed by atoms with van der Waals surface area (Å²) < 4.78 is 0. The number of carboxylic acids is 1. The predicted octanol–water partition coefficient (Wildman–Crippen LogP) is 5.35. The van der Waals surface area contributed by atoms with Crippen molar-refractivity contribution in [1.29, 1.82) is 0 Å². The van der Waals surface area contributed by atoms with Crippen molar-refractivity contribution in [3.05, 3.63) is 22.8 Å². The van der Waals surface area contributed by atoms with Crippen LogP contribution in [0, 0.1) is 22.7 Å². The topological polar surface area (TPSA) is 37.3 Å². The molecule has 0 bridgehead atoms. The van der Waals surface area contributed by atoms with Gasteiger partial charge < -0.3 is 5.11 Å². The average Bonchev–Trinajstić information content (AvgIpc) is 2.46. The van der Waals surface area contributed by atoms with E-state index in [4.69, 9.17) is 0 Å². The van der Waals surface area contributed by atoms with Crippen LogP contribution in [0.5, 0.6) is 0 Å². The third kappa shape index (κ3) is 2.18. The van der Waals surface area contributed by atoms with Crippen molar-refractivity contribution in [3.63, 3.8) is 0 Å². The van der Waals surface area contributed by atoms with Crippen LogP contribution in [0.25, 0.3) is 0 Å². The molecule has 0 saturated heterocycles. The van der Waals surface area contributed by atoms with Gasteiger partial charge in [0, 0.05) is 0 Å². The first kappa shape index (κ1) is 15.8. The highest BCUT2D eigenvalue weighted by Gasteiger charge is 2.55. The Balaban J connectivity index is 2.03. The predicted molar refractivity (Wildman–Crippen MR) is 89.6 cm³/mol. The molecule has 3 atom stereocenters. The summed E-state index contributed by atoms with van der Waals surface area (Å²) in [4.78, 5) is 11.9. The van der Waals surface area contributed by atoms with Crippen LogP contribution in [-0.2, 0) is 4.79 Å². The first-order chi connectivity index (χ1) is 10.3. The maximum atomic E-state index is 11.9. The molecular weight excluding hydrogens is 272 g/mol. The number of hydrogen-bond donors (Lipinski definition) is 1. The summed E-state index contributed by atoms with van der Waals surface area (Å²) in [6, 6.07) is 0. The Labute approximate surface area is 134 Å². The second kappa shape index (κ2) is 5.25. The molecule has 1 fully saturated rings. The minimum atomic E-state index is -0.582. The molecule has 0 amide bonds. The maximum absolute atomic E-state index is 11.9. The Hall–Kier alpha value is -1.05. The van der Waals surface area contributed by atoms with Gasteiger partial charge in [-0.25, -0.2) is 0 Å². The largest absolute Gasteiger partial charge is 0.481 e. The summed E-state index contributed by atoms with van der Waals surface area (Å²) in [5, 5.41) is 9.83. The number of carbonyl (C=O) groups is 1. The lowest BCUT2D eigenvalue weighted by Gasteiger charge is -2.55. The second-order valence-electron chi connectivity index (χ2n) is 8.46. The fourth-order valence-corrected chi connectivity index (χ4v) is 5.57. The zero-order chi connectivity index (χ0) is 16.1. The number of fused-ring (bicyclic) bond motifs is 2. The Morgan fingerprint density at radius 1 is 1.23 bits per heavy atom. The molecule has 0 spiro atoms. The van der Waals surface area contributed by atoms with Crippen LogP contribution in [0.1, 0.15) is 72.6 Å². The summed E-state index contributed by atoms with van der Waals surface area (Å²) in [5.74, 6) is 0.357. The van der Waals surface area contributed by atoms with Gasteiger partial charge in [0.05, 0.1) is 5.41 Å². The molecule has 0 heterocycles. The molecule has 0 radical (unpaired) electrons.